The molecule has 1 aromatic rings. The predicted molar refractivity (Wildman–Crippen MR) is 108 cm³/mol. The van der Waals surface area contributed by atoms with Crippen molar-refractivity contribution in [1.29, 1.82) is 0 Å². The summed E-state index contributed by atoms with van der Waals surface area (Å²) < 4.78 is 5.85. The van der Waals surface area contributed by atoms with Crippen LogP contribution in [0.15, 0.2) is 28.7 Å². The van der Waals surface area contributed by atoms with Crippen molar-refractivity contribution in [3.05, 3.63) is 34.3 Å². The zero-order valence-electron chi connectivity index (χ0n) is 16.0. The Morgan fingerprint density at radius 1 is 1.14 bits per heavy atom. The molecule has 152 valence electrons. The highest BCUT2D eigenvalue weighted by molar-refractivity contribution is 9.10. The van der Waals surface area contributed by atoms with Gasteiger partial charge in [-0.05, 0) is 56.9 Å². The standard InChI is InChI=1S/C20H26BrN3O4/c1-2-28-20(27)22-16-5-3-11-23(13-16)19(26)17-6-4-12-24(17)18(25)14-7-9-15(21)10-8-14/h7-10,16-17H,2-6,11-13H2,1H3,(H,22,27). The molecule has 0 aromatic heterocycles. The number of halogens is 1. The van der Waals surface area contributed by atoms with Crippen LogP contribution >= 0.6 is 15.9 Å². The molecule has 0 radical (unpaired) electrons. The SMILES string of the molecule is CCOC(=O)NC1CCCN(C(=O)C2CCCN2C(=O)c2ccc(Br)cc2)C1. The predicted octanol–water partition coefficient (Wildman–Crippen LogP) is 2.79. The van der Waals surface area contributed by atoms with Crippen molar-refractivity contribution in [3.8, 4) is 0 Å². The number of piperidine rings is 1. The van der Waals surface area contributed by atoms with Gasteiger partial charge in [0.15, 0.2) is 0 Å². The fourth-order valence-electron chi connectivity index (χ4n) is 3.87. The van der Waals surface area contributed by atoms with Crippen LogP contribution in [0.2, 0.25) is 0 Å². The van der Waals surface area contributed by atoms with Crippen LogP contribution in [-0.2, 0) is 9.53 Å². The first-order chi connectivity index (χ1) is 13.5. The van der Waals surface area contributed by atoms with Crippen LogP contribution < -0.4 is 5.32 Å². The van der Waals surface area contributed by atoms with Gasteiger partial charge in [-0.2, -0.15) is 0 Å². The van der Waals surface area contributed by atoms with Gasteiger partial charge in [0, 0.05) is 35.7 Å². The van der Waals surface area contributed by atoms with E-state index in [1.54, 1.807) is 28.9 Å². The molecule has 7 nitrogen and oxygen atoms in total. The summed E-state index contributed by atoms with van der Waals surface area (Å²) in [5.41, 5.74) is 0.586. The van der Waals surface area contributed by atoms with Gasteiger partial charge in [0.2, 0.25) is 5.91 Å². The Balaban J connectivity index is 1.64. The van der Waals surface area contributed by atoms with Crippen LogP contribution in [0.3, 0.4) is 0 Å². The summed E-state index contributed by atoms with van der Waals surface area (Å²) >= 11 is 3.37. The van der Waals surface area contributed by atoms with E-state index in [9.17, 15) is 14.4 Å². The third-order valence-corrected chi connectivity index (χ3v) is 5.75. The number of ether oxygens (including phenoxy) is 1. The van der Waals surface area contributed by atoms with E-state index in [0.29, 0.717) is 38.2 Å². The number of nitrogens with one attached hydrogen (secondary N) is 1. The number of hydrogen-bond donors (Lipinski definition) is 1. The lowest BCUT2D eigenvalue weighted by Gasteiger charge is -2.36. The van der Waals surface area contributed by atoms with E-state index in [0.717, 1.165) is 23.7 Å². The van der Waals surface area contributed by atoms with Crippen molar-refractivity contribution in [2.75, 3.05) is 26.2 Å². The van der Waals surface area contributed by atoms with Gasteiger partial charge >= 0.3 is 6.09 Å². The molecule has 0 bridgehead atoms. The molecule has 2 aliphatic heterocycles. The summed E-state index contributed by atoms with van der Waals surface area (Å²) in [7, 11) is 0. The molecular formula is C20H26BrN3O4. The highest BCUT2D eigenvalue weighted by Gasteiger charge is 2.38. The number of likely N-dealkylation sites (tertiary alicyclic amines) is 2. The molecule has 2 heterocycles. The Labute approximate surface area is 173 Å². The summed E-state index contributed by atoms with van der Waals surface area (Å²) in [6.07, 6.45) is 2.67. The molecule has 1 N–H and O–H groups in total. The molecule has 28 heavy (non-hydrogen) atoms. The molecule has 2 saturated heterocycles. The average molecular weight is 452 g/mol. The lowest BCUT2D eigenvalue weighted by Crippen LogP contribution is -2.54. The molecule has 1 aromatic carbocycles. The maximum absolute atomic E-state index is 13.1. The van der Waals surface area contributed by atoms with Gasteiger partial charge in [-0.1, -0.05) is 15.9 Å². The van der Waals surface area contributed by atoms with E-state index < -0.39 is 12.1 Å². The van der Waals surface area contributed by atoms with Gasteiger partial charge in [-0.15, -0.1) is 0 Å². The Kier molecular flexibility index (Phi) is 6.93. The normalized spacial score (nSPS) is 22.1. The number of rotatable bonds is 4. The van der Waals surface area contributed by atoms with Crippen molar-refractivity contribution in [2.45, 2.75) is 44.7 Å². The van der Waals surface area contributed by atoms with Crippen LogP contribution in [0.1, 0.15) is 43.0 Å². The maximum Gasteiger partial charge on any atom is 0.407 e. The number of amides is 3. The van der Waals surface area contributed by atoms with Gasteiger partial charge in [0.05, 0.1) is 6.61 Å². The Bertz CT molecular complexity index is 725. The second kappa shape index (κ2) is 9.41. The molecule has 8 heteroatoms. The molecule has 3 amide bonds. The van der Waals surface area contributed by atoms with Crippen molar-refractivity contribution < 1.29 is 19.1 Å². The second-order valence-electron chi connectivity index (χ2n) is 7.15. The monoisotopic (exact) mass is 451 g/mol. The van der Waals surface area contributed by atoms with Crippen LogP contribution in [0, 0.1) is 0 Å². The molecule has 0 aliphatic carbocycles. The van der Waals surface area contributed by atoms with Gasteiger partial charge in [-0.25, -0.2) is 4.79 Å². The van der Waals surface area contributed by atoms with E-state index in [-0.39, 0.29) is 17.9 Å². The topological polar surface area (TPSA) is 79.0 Å². The number of hydrogen-bond acceptors (Lipinski definition) is 4. The minimum atomic E-state index is -0.449. The smallest absolute Gasteiger partial charge is 0.407 e. The van der Waals surface area contributed by atoms with E-state index in [2.05, 4.69) is 21.2 Å². The number of benzene rings is 1. The largest absolute Gasteiger partial charge is 0.450 e. The van der Waals surface area contributed by atoms with E-state index >= 15 is 0 Å². The zero-order valence-corrected chi connectivity index (χ0v) is 17.6. The molecule has 2 aliphatic rings. The number of carbonyl (C=O) groups excluding carboxylic acids is 3. The van der Waals surface area contributed by atoms with Gasteiger partial charge in [0.25, 0.3) is 5.91 Å². The van der Waals surface area contributed by atoms with E-state index in [4.69, 9.17) is 4.74 Å². The van der Waals surface area contributed by atoms with Crippen LogP contribution in [0.4, 0.5) is 4.79 Å². The molecule has 2 fully saturated rings. The Hall–Kier alpha value is -2.09. The van der Waals surface area contributed by atoms with Crippen LogP contribution in [0.5, 0.6) is 0 Å². The van der Waals surface area contributed by atoms with Crippen molar-refractivity contribution >= 4 is 33.8 Å². The summed E-state index contributed by atoms with van der Waals surface area (Å²) in [6, 6.07) is 6.65. The molecular weight excluding hydrogens is 426 g/mol. The lowest BCUT2D eigenvalue weighted by molar-refractivity contribution is -0.136. The molecule has 3 rings (SSSR count). The first-order valence-electron chi connectivity index (χ1n) is 9.78. The summed E-state index contributed by atoms with van der Waals surface area (Å²) in [5.74, 6) is -0.139. The van der Waals surface area contributed by atoms with Crippen LogP contribution in [-0.4, -0.2) is 66.0 Å². The van der Waals surface area contributed by atoms with E-state index in [1.165, 1.54) is 0 Å². The number of alkyl carbamates (subject to hydrolysis) is 1. The highest BCUT2D eigenvalue weighted by atomic mass is 79.9. The maximum atomic E-state index is 13.1. The Morgan fingerprint density at radius 3 is 2.57 bits per heavy atom. The number of carbonyl (C=O) groups is 3. The summed E-state index contributed by atoms with van der Waals surface area (Å²) in [6.45, 7) is 3.76. The third-order valence-electron chi connectivity index (χ3n) is 5.22. The first-order valence-corrected chi connectivity index (χ1v) is 10.6. The molecule has 0 saturated carbocycles. The first kappa shape index (κ1) is 20.6. The van der Waals surface area contributed by atoms with Crippen molar-refractivity contribution in [3.63, 3.8) is 0 Å². The van der Waals surface area contributed by atoms with Gasteiger partial charge < -0.3 is 19.9 Å². The number of nitrogens with zero attached hydrogens (tertiary/aromatic N) is 2. The second-order valence-corrected chi connectivity index (χ2v) is 8.07. The lowest BCUT2D eigenvalue weighted by atomic mass is 10.0. The average Bonchev–Trinajstić information content (AvgIpc) is 3.17. The van der Waals surface area contributed by atoms with Crippen LogP contribution in [0.25, 0.3) is 0 Å². The minimum absolute atomic E-state index is 0.0293. The van der Waals surface area contributed by atoms with E-state index in [1.807, 2.05) is 12.1 Å². The Morgan fingerprint density at radius 2 is 1.86 bits per heavy atom. The quantitative estimate of drug-likeness (QED) is 0.762. The zero-order chi connectivity index (χ0) is 20.1. The molecule has 2 unspecified atom stereocenters. The highest BCUT2D eigenvalue weighted by Crippen LogP contribution is 2.24. The van der Waals surface area contributed by atoms with Crippen molar-refractivity contribution in [2.24, 2.45) is 0 Å². The van der Waals surface area contributed by atoms with Gasteiger partial charge in [-0.3, -0.25) is 9.59 Å². The third kappa shape index (κ3) is 4.84. The molecule has 2 atom stereocenters. The fourth-order valence-corrected chi connectivity index (χ4v) is 4.13. The fraction of sp³-hybridized carbons (Fsp3) is 0.550. The summed E-state index contributed by atoms with van der Waals surface area (Å²) in [4.78, 5) is 41.2. The van der Waals surface area contributed by atoms with Crippen molar-refractivity contribution in [1.82, 2.24) is 15.1 Å². The molecule has 0 spiro atoms. The summed E-state index contributed by atoms with van der Waals surface area (Å²) in [5, 5.41) is 2.82. The minimum Gasteiger partial charge on any atom is -0.450 e. The van der Waals surface area contributed by atoms with Gasteiger partial charge in [0.1, 0.15) is 6.04 Å².